The summed E-state index contributed by atoms with van der Waals surface area (Å²) in [5.74, 6) is 0.0612. The predicted octanol–water partition coefficient (Wildman–Crippen LogP) is 1.32. The molecule has 1 aromatic rings. The zero-order chi connectivity index (χ0) is 18.2. The van der Waals surface area contributed by atoms with E-state index in [9.17, 15) is 14.4 Å². The molecule has 3 amide bonds. The number of nitrogens with one attached hydrogen (secondary N) is 1. The first-order valence-electron chi connectivity index (χ1n) is 8.17. The molecule has 1 aromatic carbocycles. The Labute approximate surface area is 146 Å². The molecule has 1 aliphatic heterocycles. The number of carbonyl (C=O) groups is 3. The summed E-state index contributed by atoms with van der Waals surface area (Å²) < 4.78 is 9.98. The molecule has 1 N–H and O–H groups in total. The summed E-state index contributed by atoms with van der Waals surface area (Å²) in [6.07, 6.45) is -0.599. The molecule has 0 atom stereocenters. The minimum absolute atomic E-state index is 0.231. The first-order chi connectivity index (χ1) is 12.0. The molecule has 0 radical (unpaired) electrons. The Bertz CT molecular complexity index is 609. The molecule has 0 saturated carbocycles. The highest BCUT2D eigenvalue weighted by atomic mass is 16.6. The van der Waals surface area contributed by atoms with Gasteiger partial charge in [0.15, 0.2) is 0 Å². The SMILES string of the molecule is CCOC(=O)N1CCN(C(=O)CC(=O)Nc2ccc(OC)cc2)CC1. The van der Waals surface area contributed by atoms with Crippen molar-refractivity contribution < 1.29 is 23.9 Å². The van der Waals surface area contributed by atoms with E-state index in [2.05, 4.69) is 5.32 Å². The third kappa shape index (κ3) is 5.37. The fraction of sp³-hybridized carbons (Fsp3) is 0.471. The molecule has 136 valence electrons. The number of rotatable bonds is 5. The topological polar surface area (TPSA) is 88.2 Å². The Morgan fingerprint density at radius 3 is 2.20 bits per heavy atom. The predicted molar refractivity (Wildman–Crippen MR) is 91.4 cm³/mol. The van der Waals surface area contributed by atoms with E-state index < -0.39 is 0 Å². The second-order valence-corrected chi connectivity index (χ2v) is 5.52. The summed E-state index contributed by atoms with van der Waals surface area (Å²) in [5.41, 5.74) is 0.603. The highest BCUT2D eigenvalue weighted by molar-refractivity contribution is 6.03. The van der Waals surface area contributed by atoms with Gasteiger partial charge in [-0.25, -0.2) is 4.79 Å². The first-order valence-corrected chi connectivity index (χ1v) is 8.17. The third-order valence-electron chi connectivity index (χ3n) is 3.84. The normalized spacial score (nSPS) is 14.0. The fourth-order valence-electron chi connectivity index (χ4n) is 2.48. The van der Waals surface area contributed by atoms with Crippen LogP contribution in [0.3, 0.4) is 0 Å². The second-order valence-electron chi connectivity index (χ2n) is 5.52. The molecule has 8 nitrogen and oxygen atoms in total. The van der Waals surface area contributed by atoms with Crippen LogP contribution in [-0.4, -0.2) is 67.6 Å². The molecule has 1 aliphatic rings. The lowest BCUT2D eigenvalue weighted by Gasteiger charge is -2.34. The molecule has 25 heavy (non-hydrogen) atoms. The first kappa shape index (κ1) is 18.6. The number of hydrogen-bond acceptors (Lipinski definition) is 5. The summed E-state index contributed by atoms with van der Waals surface area (Å²) in [7, 11) is 1.56. The van der Waals surface area contributed by atoms with Gasteiger partial charge in [-0.05, 0) is 31.2 Å². The summed E-state index contributed by atoms with van der Waals surface area (Å²) >= 11 is 0. The maximum atomic E-state index is 12.2. The van der Waals surface area contributed by atoms with E-state index in [1.54, 1.807) is 48.1 Å². The molecule has 1 saturated heterocycles. The third-order valence-corrected chi connectivity index (χ3v) is 3.84. The Hall–Kier alpha value is -2.77. The lowest BCUT2D eigenvalue weighted by atomic mass is 10.2. The van der Waals surface area contributed by atoms with E-state index in [0.29, 0.717) is 44.2 Å². The molecule has 0 unspecified atom stereocenters. The summed E-state index contributed by atoms with van der Waals surface area (Å²) in [6, 6.07) is 6.87. The lowest BCUT2D eigenvalue weighted by molar-refractivity contribution is -0.135. The summed E-state index contributed by atoms with van der Waals surface area (Å²) in [4.78, 5) is 39.0. The molecule has 0 aliphatic carbocycles. The quantitative estimate of drug-likeness (QED) is 0.810. The van der Waals surface area contributed by atoms with Crippen LogP contribution in [0.5, 0.6) is 5.75 Å². The highest BCUT2D eigenvalue weighted by Crippen LogP contribution is 2.15. The molecule has 0 spiro atoms. The molecule has 8 heteroatoms. The minimum Gasteiger partial charge on any atom is -0.497 e. The smallest absolute Gasteiger partial charge is 0.409 e. The van der Waals surface area contributed by atoms with Crippen molar-refractivity contribution in [3.63, 3.8) is 0 Å². The van der Waals surface area contributed by atoms with Crippen molar-refractivity contribution in [2.45, 2.75) is 13.3 Å². The minimum atomic E-state index is -0.372. The largest absolute Gasteiger partial charge is 0.497 e. The van der Waals surface area contributed by atoms with Gasteiger partial charge < -0.3 is 24.6 Å². The zero-order valence-electron chi connectivity index (χ0n) is 14.5. The van der Waals surface area contributed by atoms with E-state index in [1.807, 2.05) is 0 Å². The zero-order valence-corrected chi connectivity index (χ0v) is 14.5. The van der Waals surface area contributed by atoms with Crippen LogP contribution in [0, 0.1) is 0 Å². The summed E-state index contributed by atoms with van der Waals surface area (Å²) in [6.45, 7) is 3.68. The molecule has 1 heterocycles. The van der Waals surface area contributed by atoms with Gasteiger partial charge in [-0.3, -0.25) is 9.59 Å². The van der Waals surface area contributed by atoms with Crippen molar-refractivity contribution in [2.24, 2.45) is 0 Å². The van der Waals surface area contributed by atoms with Crippen LogP contribution < -0.4 is 10.1 Å². The number of amides is 3. The van der Waals surface area contributed by atoms with Crippen LogP contribution in [-0.2, 0) is 14.3 Å². The van der Waals surface area contributed by atoms with Crippen molar-refractivity contribution >= 4 is 23.6 Å². The van der Waals surface area contributed by atoms with Crippen LogP contribution in [0.25, 0.3) is 0 Å². The summed E-state index contributed by atoms with van der Waals surface area (Å²) in [5, 5.41) is 2.68. The van der Waals surface area contributed by atoms with E-state index in [1.165, 1.54) is 0 Å². The maximum absolute atomic E-state index is 12.2. The van der Waals surface area contributed by atoms with E-state index in [4.69, 9.17) is 9.47 Å². The van der Waals surface area contributed by atoms with Crippen LogP contribution >= 0.6 is 0 Å². The number of carbonyl (C=O) groups excluding carboxylic acids is 3. The van der Waals surface area contributed by atoms with Crippen molar-refractivity contribution in [2.75, 3.05) is 45.2 Å². The molecule has 1 fully saturated rings. The van der Waals surface area contributed by atoms with Gasteiger partial charge in [0.25, 0.3) is 0 Å². The number of anilines is 1. The van der Waals surface area contributed by atoms with Crippen molar-refractivity contribution in [3.8, 4) is 5.75 Å². The Morgan fingerprint density at radius 1 is 1.04 bits per heavy atom. The Kier molecular flexibility index (Phi) is 6.62. The number of benzene rings is 1. The number of methoxy groups -OCH3 is 1. The standard InChI is InChI=1S/C17H23N3O5/c1-3-25-17(23)20-10-8-19(9-11-20)16(22)12-15(21)18-13-4-6-14(24-2)7-5-13/h4-7H,3,8-12H2,1-2H3,(H,18,21). The van der Waals surface area contributed by atoms with E-state index in [0.717, 1.165) is 0 Å². The van der Waals surface area contributed by atoms with Gasteiger partial charge in [-0.2, -0.15) is 0 Å². The molecule has 0 bridgehead atoms. The van der Waals surface area contributed by atoms with Crippen molar-refractivity contribution in [1.29, 1.82) is 0 Å². The Morgan fingerprint density at radius 2 is 1.64 bits per heavy atom. The fourth-order valence-corrected chi connectivity index (χ4v) is 2.48. The van der Waals surface area contributed by atoms with Crippen molar-refractivity contribution in [3.05, 3.63) is 24.3 Å². The molecule has 2 rings (SSSR count). The lowest BCUT2D eigenvalue weighted by Crippen LogP contribution is -2.51. The van der Waals surface area contributed by atoms with Crippen LogP contribution in [0.2, 0.25) is 0 Å². The monoisotopic (exact) mass is 349 g/mol. The van der Waals surface area contributed by atoms with Gasteiger partial charge in [0.05, 0.1) is 13.7 Å². The van der Waals surface area contributed by atoms with Crippen LogP contribution in [0.1, 0.15) is 13.3 Å². The second kappa shape index (κ2) is 8.91. The number of nitrogens with zero attached hydrogens (tertiary/aromatic N) is 2. The average molecular weight is 349 g/mol. The highest BCUT2D eigenvalue weighted by Gasteiger charge is 2.25. The molecule has 0 aromatic heterocycles. The Balaban J connectivity index is 1.77. The van der Waals surface area contributed by atoms with Gasteiger partial charge in [0.2, 0.25) is 11.8 Å². The van der Waals surface area contributed by atoms with E-state index in [-0.39, 0.29) is 24.3 Å². The van der Waals surface area contributed by atoms with Crippen molar-refractivity contribution in [1.82, 2.24) is 9.80 Å². The van der Waals surface area contributed by atoms with Gasteiger partial charge >= 0.3 is 6.09 Å². The van der Waals surface area contributed by atoms with Gasteiger partial charge in [0, 0.05) is 31.9 Å². The molecular weight excluding hydrogens is 326 g/mol. The molecular formula is C17H23N3O5. The average Bonchev–Trinajstić information content (AvgIpc) is 2.62. The van der Waals surface area contributed by atoms with E-state index >= 15 is 0 Å². The number of ether oxygens (including phenoxy) is 2. The van der Waals surface area contributed by atoms with Gasteiger partial charge in [0.1, 0.15) is 12.2 Å². The number of piperazine rings is 1. The maximum Gasteiger partial charge on any atom is 0.409 e. The van der Waals surface area contributed by atoms with Gasteiger partial charge in [-0.1, -0.05) is 0 Å². The van der Waals surface area contributed by atoms with Crippen LogP contribution in [0.4, 0.5) is 10.5 Å². The van der Waals surface area contributed by atoms with Crippen LogP contribution in [0.15, 0.2) is 24.3 Å². The number of hydrogen-bond donors (Lipinski definition) is 1. The van der Waals surface area contributed by atoms with Gasteiger partial charge in [-0.15, -0.1) is 0 Å².